The summed E-state index contributed by atoms with van der Waals surface area (Å²) in [5.74, 6) is -0.449. The minimum Gasteiger partial charge on any atom is -0.464 e. The van der Waals surface area contributed by atoms with Gasteiger partial charge in [-0.15, -0.1) is 0 Å². The van der Waals surface area contributed by atoms with Gasteiger partial charge >= 0.3 is 5.97 Å². The van der Waals surface area contributed by atoms with E-state index in [4.69, 9.17) is 4.74 Å². The first kappa shape index (κ1) is 13.2. The highest BCUT2D eigenvalue weighted by atomic mass is 16.5. The molecule has 0 unspecified atom stereocenters. The molecular weight excluding hydrogens is 264 g/mol. The number of hydrogen-bond acceptors (Lipinski definition) is 4. The summed E-state index contributed by atoms with van der Waals surface area (Å²) in [6, 6.07) is 15.2. The van der Waals surface area contributed by atoms with Gasteiger partial charge in [0.2, 0.25) is 0 Å². The average Bonchev–Trinajstić information content (AvgIpc) is 2.53. The SMILES string of the molecule is COC(=O)c1cc(-c2cccc(C)n2)c2ccccc2n1. The molecule has 4 heteroatoms. The van der Waals surface area contributed by atoms with Crippen molar-refractivity contribution in [1.29, 1.82) is 0 Å². The quantitative estimate of drug-likeness (QED) is 0.674. The molecule has 1 aromatic carbocycles. The molecule has 0 aliphatic rings. The van der Waals surface area contributed by atoms with Crippen LogP contribution >= 0.6 is 0 Å². The van der Waals surface area contributed by atoms with Crippen molar-refractivity contribution in [2.24, 2.45) is 0 Å². The molecule has 2 aromatic heterocycles. The zero-order chi connectivity index (χ0) is 14.8. The molecule has 3 rings (SSSR count). The van der Waals surface area contributed by atoms with Crippen LogP contribution in [0.3, 0.4) is 0 Å². The first-order chi connectivity index (χ1) is 10.2. The van der Waals surface area contributed by atoms with E-state index in [-0.39, 0.29) is 5.69 Å². The molecule has 0 saturated heterocycles. The molecule has 4 nitrogen and oxygen atoms in total. The second-order valence-electron chi connectivity index (χ2n) is 4.73. The Bertz CT molecular complexity index is 828. The molecule has 0 saturated carbocycles. The topological polar surface area (TPSA) is 52.1 Å². The second-order valence-corrected chi connectivity index (χ2v) is 4.73. The molecule has 0 radical (unpaired) electrons. The maximum absolute atomic E-state index is 11.8. The van der Waals surface area contributed by atoms with Crippen molar-refractivity contribution in [3.8, 4) is 11.3 Å². The minimum absolute atomic E-state index is 0.287. The lowest BCUT2D eigenvalue weighted by molar-refractivity contribution is 0.0594. The number of carbonyl (C=O) groups excluding carboxylic acids is 1. The van der Waals surface area contributed by atoms with Gasteiger partial charge in [-0.2, -0.15) is 0 Å². The first-order valence-corrected chi connectivity index (χ1v) is 6.61. The summed E-state index contributed by atoms with van der Waals surface area (Å²) in [7, 11) is 1.35. The molecule has 104 valence electrons. The van der Waals surface area contributed by atoms with Gasteiger partial charge in [-0.25, -0.2) is 9.78 Å². The Labute approximate surface area is 122 Å². The lowest BCUT2D eigenvalue weighted by Gasteiger charge is -2.09. The van der Waals surface area contributed by atoms with E-state index in [1.807, 2.05) is 49.4 Å². The molecule has 21 heavy (non-hydrogen) atoms. The molecule has 0 atom stereocenters. The summed E-state index contributed by atoms with van der Waals surface area (Å²) in [5, 5.41) is 0.961. The molecule has 0 spiro atoms. The lowest BCUT2D eigenvalue weighted by atomic mass is 10.0. The Morgan fingerprint density at radius 1 is 1.05 bits per heavy atom. The number of methoxy groups -OCH3 is 1. The Kier molecular flexibility index (Phi) is 3.36. The third-order valence-corrected chi connectivity index (χ3v) is 3.27. The predicted molar refractivity (Wildman–Crippen MR) is 81.1 cm³/mol. The number of nitrogens with zero attached hydrogens (tertiary/aromatic N) is 2. The fourth-order valence-electron chi connectivity index (χ4n) is 2.29. The zero-order valence-corrected chi connectivity index (χ0v) is 11.8. The van der Waals surface area contributed by atoms with Gasteiger partial charge in [-0.05, 0) is 31.2 Å². The van der Waals surface area contributed by atoms with Crippen LogP contribution in [0.5, 0.6) is 0 Å². The summed E-state index contributed by atoms with van der Waals surface area (Å²) in [5.41, 5.74) is 3.66. The molecule has 0 fully saturated rings. The van der Waals surface area contributed by atoms with Crippen molar-refractivity contribution in [1.82, 2.24) is 9.97 Å². The van der Waals surface area contributed by atoms with Crippen LogP contribution < -0.4 is 0 Å². The van der Waals surface area contributed by atoms with Crippen LogP contribution in [0.4, 0.5) is 0 Å². The number of para-hydroxylation sites is 1. The summed E-state index contributed by atoms with van der Waals surface area (Å²) >= 11 is 0. The monoisotopic (exact) mass is 278 g/mol. The summed E-state index contributed by atoms with van der Waals surface area (Å²) < 4.78 is 4.78. The Morgan fingerprint density at radius 3 is 2.62 bits per heavy atom. The average molecular weight is 278 g/mol. The number of esters is 1. The van der Waals surface area contributed by atoms with Crippen molar-refractivity contribution in [3.63, 3.8) is 0 Å². The molecule has 0 amide bonds. The summed E-state index contributed by atoms with van der Waals surface area (Å²) in [6.07, 6.45) is 0. The normalized spacial score (nSPS) is 10.6. The maximum Gasteiger partial charge on any atom is 0.356 e. The van der Waals surface area contributed by atoms with E-state index in [0.29, 0.717) is 0 Å². The highest BCUT2D eigenvalue weighted by Gasteiger charge is 2.14. The van der Waals surface area contributed by atoms with Gasteiger partial charge in [0.1, 0.15) is 5.69 Å². The predicted octanol–water partition coefficient (Wildman–Crippen LogP) is 3.39. The third-order valence-electron chi connectivity index (χ3n) is 3.27. The van der Waals surface area contributed by atoms with Gasteiger partial charge in [0.25, 0.3) is 0 Å². The smallest absolute Gasteiger partial charge is 0.356 e. The first-order valence-electron chi connectivity index (χ1n) is 6.61. The van der Waals surface area contributed by atoms with Gasteiger partial charge in [0, 0.05) is 16.6 Å². The zero-order valence-electron chi connectivity index (χ0n) is 11.8. The van der Waals surface area contributed by atoms with Crippen LogP contribution in [0, 0.1) is 6.92 Å². The highest BCUT2D eigenvalue weighted by Crippen LogP contribution is 2.27. The number of fused-ring (bicyclic) bond motifs is 1. The Hall–Kier alpha value is -2.75. The second kappa shape index (κ2) is 5.32. The number of ether oxygens (including phenoxy) is 1. The van der Waals surface area contributed by atoms with Gasteiger partial charge in [0.05, 0.1) is 18.3 Å². The van der Waals surface area contributed by atoms with Gasteiger partial charge in [-0.3, -0.25) is 4.98 Å². The summed E-state index contributed by atoms with van der Waals surface area (Å²) in [6.45, 7) is 1.94. The van der Waals surface area contributed by atoms with Crippen molar-refractivity contribution in [3.05, 3.63) is 59.9 Å². The van der Waals surface area contributed by atoms with E-state index in [1.54, 1.807) is 6.07 Å². The minimum atomic E-state index is -0.449. The van der Waals surface area contributed by atoms with Crippen LogP contribution in [0.2, 0.25) is 0 Å². The van der Waals surface area contributed by atoms with Crippen LogP contribution in [0.15, 0.2) is 48.5 Å². The number of aromatic nitrogens is 2. The molecule has 0 aliphatic heterocycles. The van der Waals surface area contributed by atoms with Crippen LogP contribution in [0.25, 0.3) is 22.2 Å². The highest BCUT2D eigenvalue weighted by molar-refractivity contribution is 5.98. The molecule has 0 N–H and O–H groups in total. The molecule has 3 aromatic rings. The number of carbonyl (C=O) groups is 1. The number of aryl methyl sites for hydroxylation is 1. The van der Waals surface area contributed by atoms with E-state index in [1.165, 1.54) is 7.11 Å². The molecule has 0 aliphatic carbocycles. The standard InChI is InChI=1S/C17H14N2O2/c1-11-6-5-9-15(18-11)13-10-16(17(20)21-2)19-14-8-4-3-7-12(13)14/h3-10H,1-2H3. The fraction of sp³-hybridized carbons (Fsp3) is 0.118. The molecule has 0 bridgehead atoms. The summed E-state index contributed by atoms with van der Waals surface area (Å²) in [4.78, 5) is 20.7. The largest absolute Gasteiger partial charge is 0.464 e. The number of pyridine rings is 2. The Balaban J connectivity index is 2.31. The van der Waals surface area contributed by atoms with E-state index in [0.717, 1.165) is 27.9 Å². The lowest BCUT2D eigenvalue weighted by Crippen LogP contribution is -2.05. The van der Waals surface area contributed by atoms with Crippen LogP contribution in [-0.4, -0.2) is 23.0 Å². The van der Waals surface area contributed by atoms with Crippen LogP contribution in [-0.2, 0) is 4.74 Å². The van der Waals surface area contributed by atoms with Crippen molar-refractivity contribution < 1.29 is 9.53 Å². The van der Waals surface area contributed by atoms with Crippen LogP contribution in [0.1, 0.15) is 16.2 Å². The fourth-order valence-corrected chi connectivity index (χ4v) is 2.29. The van der Waals surface area contributed by atoms with E-state index in [9.17, 15) is 4.79 Å². The number of hydrogen-bond donors (Lipinski definition) is 0. The van der Waals surface area contributed by atoms with E-state index in [2.05, 4.69) is 9.97 Å². The Morgan fingerprint density at radius 2 is 1.86 bits per heavy atom. The van der Waals surface area contributed by atoms with Crippen molar-refractivity contribution in [2.45, 2.75) is 6.92 Å². The van der Waals surface area contributed by atoms with E-state index < -0.39 is 5.97 Å². The van der Waals surface area contributed by atoms with E-state index >= 15 is 0 Å². The van der Waals surface area contributed by atoms with Gasteiger partial charge in [-0.1, -0.05) is 24.3 Å². The van der Waals surface area contributed by atoms with Gasteiger partial charge < -0.3 is 4.74 Å². The third kappa shape index (κ3) is 2.48. The van der Waals surface area contributed by atoms with Crippen molar-refractivity contribution >= 4 is 16.9 Å². The molecular formula is C17H14N2O2. The van der Waals surface area contributed by atoms with Crippen molar-refractivity contribution in [2.75, 3.05) is 7.11 Å². The molecule has 2 heterocycles. The number of rotatable bonds is 2. The van der Waals surface area contributed by atoms with Gasteiger partial charge in [0.15, 0.2) is 0 Å². The maximum atomic E-state index is 11.8. The number of benzene rings is 1.